The number of benzene rings is 1. The van der Waals surface area contributed by atoms with Crippen molar-refractivity contribution in [1.82, 2.24) is 15.1 Å². The molecule has 0 aromatic heterocycles. The first-order valence-electron chi connectivity index (χ1n) is 10.6. The molecule has 1 aliphatic rings. The predicted molar refractivity (Wildman–Crippen MR) is 116 cm³/mol. The first-order chi connectivity index (χ1) is 14.1. The van der Waals surface area contributed by atoms with Crippen LogP contribution in [0.5, 0.6) is 5.75 Å². The van der Waals surface area contributed by atoms with E-state index in [1.807, 2.05) is 49.9 Å². The van der Waals surface area contributed by atoms with E-state index in [0.717, 1.165) is 24.2 Å². The van der Waals surface area contributed by atoms with Crippen LogP contribution < -0.4 is 10.1 Å². The van der Waals surface area contributed by atoms with Crippen LogP contribution in [0, 0.1) is 5.92 Å². The number of likely N-dealkylation sites (N-methyl/N-ethyl adjacent to an activating group) is 1. The smallest absolute Gasteiger partial charge is 0.240 e. The van der Waals surface area contributed by atoms with Gasteiger partial charge in [0.05, 0.1) is 25.6 Å². The third kappa shape index (κ3) is 5.97. The lowest BCUT2D eigenvalue weighted by Gasteiger charge is -2.30. The summed E-state index contributed by atoms with van der Waals surface area (Å²) in [4.78, 5) is 41.6. The van der Waals surface area contributed by atoms with Crippen LogP contribution in [0.3, 0.4) is 0 Å². The summed E-state index contributed by atoms with van der Waals surface area (Å²) in [5, 5.41) is 2.87. The second-order valence-electron chi connectivity index (χ2n) is 8.96. The maximum atomic E-state index is 13.3. The Bertz CT molecular complexity index is 755. The quantitative estimate of drug-likeness (QED) is 0.705. The minimum atomic E-state index is -0.518. The molecule has 1 heterocycles. The van der Waals surface area contributed by atoms with Gasteiger partial charge in [0.15, 0.2) is 0 Å². The van der Waals surface area contributed by atoms with E-state index in [-0.39, 0.29) is 42.3 Å². The highest BCUT2D eigenvalue weighted by atomic mass is 16.5. The molecular formula is C23H35N3O4. The summed E-state index contributed by atoms with van der Waals surface area (Å²) in [5.74, 6) is -0.217. The van der Waals surface area contributed by atoms with E-state index >= 15 is 0 Å². The number of hydrogen-bond donors (Lipinski definition) is 1. The Balaban J connectivity index is 2.24. The first kappa shape index (κ1) is 23.7. The fraction of sp³-hybridized carbons (Fsp3) is 0.609. The van der Waals surface area contributed by atoms with Crippen molar-refractivity contribution < 1.29 is 19.1 Å². The molecule has 1 aromatic carbocycles. The molecule has 0 radical (unpaired) electrons. The van der Waals surface area contributed by atoms with Crippen LogP contribution in [-0.4, -0.2) is 60.3 Å². The van der Waals surface area contributed by atoms with E-state index in [1.54, 1.807) is 14.2 Å². The second kappa shape index (κ2) is 9.96. The van der Waals surface area contributed by atoms with Gasteiger partial charge < -0.3 is 19.9 Å². The molecule has 0 unspecified atom stereocenters. The number of ether oxygens (including phenoxy) is 1. The van der Waals surface area contributed by atoms with Gasteiger partial charge in [0, 0.05) is 25.6 Å². The molecule has 0 spiro atoms. The summed E-state index contributed by atoms with van der Waals surface area (Å²) < 4.78 is 5.24. The fourth-order valence-corrected chi connectivity index (χ4v) is 3.85. The standard InChI is InChI=1S/C23H35N3O4/c1-7-8-13-26-20(28)14-18(21(26)16-9-11-17(30-6)12-10-16)22(29)25(5)15-19(27)24-23(2,3)4/h9-12,18,21H,7-8,13-15H2,1-6H3,(H,24,27)/t18-,21-/m1/s1. The van der Waals surface area contributed by atoms with Crippen molar-refractivity contribution in [3.8, 4) is 5.75 Å². The largest absolute Gasteiger partial charge is 0.497 e. The molecule has 0 aliphatic carbocycles. The Hall–Kier alpha value is -2.57. The Morgan fingerprint density at radius 3 is 2.40 bits per heavy atom. The van der Waals surface area contributed by atoms with Gasteiger partial charge in [0.1, 0.15) is 5.75 Å². The lowest BCUT2D eigenvalue weighted by molar-refractivity contribution is -0.139. The van der Waals surface area contributed by atoms with Gasteiger partial charge in [-0.15, -0.1) is 0 Å². The number of carbonyl (C=O) groups is 3. The highest BCUT2D eigenvalue weighted by molar-refractivity contribution is 5.92. The predicted octanol–water partition coefficient (Wildman–Crippen LogP) is 2.76. The summed E-state index contributed by atoms with van der Waals surface area (Å²) in [6.45, 7) is 8.34. The molecule has 3 amide bonds. The van der Waals surface area contributed by atoms with E-state index in [4.69, 9.17) is 4.74 Å². The number of hydrogen-bond acceptors (Lipinski definition) is 4. The number of nitrogens with zero attached hydrogens (tertiary/aromatic N) is 2. The Kier molecular flexibility index (Phi) is 7.87. The lowest BCUT2D eigenvalue weighted by atomic mass is 9.92. The van der Waals surface area contributed by atoms with Crippen LogP contribution in [0.1, 0.15) is 58.6 Å². The van der Waals surface area contributed by atoms with Crippen molar-refractivity contribution in [1.29, 1.82) is 0 Å². The molecule has 1 aliphatic heterocycles. The molecule has 0 saturated carbocycles. The summed E-state index contributed by atoms with van der Waals surface area (Å²) in [7, 11) is 3.22. The van der Waals surface area contributed by atoms with Crippen molar-refractivity contribution in [3.63, 3.8) is 0 Å². The van der Waals surface area contributed by atoms with E-state index in [9.17, 15) is 14.4 Å². The molecule has 1 fully saturated rings. The highest BCUT2D eigenvalue weighted by Crippen LogP contribution is 2.39. The zero-order chi connectivity index (χ0) is 22.5. The van der Waals surface area contributed by atoms with Gasteiger partial charge in [-0.25, -0.2) is 0 Å². The zero-order valence-electron chi connectivity index (χ0n) is 19.0. The number of rotatable bonds is 8. The van der Waals surface area contributed by atoms with Crippen LogP contribution in [-0.2, 0) is 14.4 Å². The van der Waals surface area contributed by atoms with Gasteiger partial charge >= 0.3 is 0 Å². The maximum absolute atomic E-state index is 13.3. The monoisotopic (exact) mass is 417 g/mol. The normalized spacial score (nSPS) is 19.0. The van der Waals surface area contributed by atoms with Gasteiger partial charge in [-0.3, -0.25) is 14.4 Å². The summed E-state index contributed by atoms with van der Waals surface area (Å²) in [6.07, 6.45) is 2.00. The zero-order valence-corrected chi connectivity index (χ0v) is 19.0. The third-order valence-electron chi connectivity index (χ3n) is 5.23. The topological polar surface area (TPSA) is 79.0 Å². The van der Waals surface area contributed by atoms with Gasteiger partial charge in [-0.2, -0.15) is 0 Å². The molecular weight excluding hydrogens is 382 g/mol. The van der Waals surface area contributed by atoms with Crippen molar-refractivity contribution >= 4 is 17.7 Å². The SMILES string of the molecule is CCCCN1C(=O)C[C@@H](C(=O)N(C)CC(=O)NC(C)(C)C)[C@H]1c1ccc(OC)cc1. The molecule has 1 saturated heterocycles. The maximum Gasteiger partial charge on any atom is 0.240 e. The van der Waals surface area contributed by atoms with E-state index in [0.29, 0.717) is 6.54 Å². The van der Waals surface area contributed by atoms with Gasteiger partial charge in [-0.05, 0) is 44.9 Å². The molecule has 2 rings (SSSR count). The molecule has 30 heavy (non-hydrogen) atoms. The Morgan fingerprint density at radius 1 is 1.23 bits per heavy atom. The number of methoxy groups -OCH3 is 1. The van der Waals surface area contributed by atoms with Gasteiger partial charge in [-0.1, -0.05) is 25.5 Å². The summed E-state index contributed by atoms with van der Waals surface area (Å²) >= 11 is 0. The molecule has 0 bridgehead atoms. The number of unbranched alkanes of at least 4 members (excludes halogenated alkanes) is 1. The van der Waals surface area contributed by atoms with Gasteiger partial charge in [0.2, 0.25) is 17.7 Å². The molecule has 166 valence electrons. The third-order valence-corrected chi connectivity index (χ3v) is 5.23. The minimum absolute atomic E-state index is 0.0184. The average Bonchev–Trinajstić information content (AvgIpc) is 3.00. The first-order valence-corrected chi connectivity index (χ1v) is 10.6. The molecule has 7 heteroatoms. The van der Waals surface area contributed by atoms with Crippen molar-refractivity contribution in [2.24, 2.45) is 5.92 Å². The number of carbonyl (C=O) groups excluding carboxylic acids is 3. The molecule has 1 aromatic rings. The van der Waals surface area contributed by atoms with Crippen molar-refractivity contribution in [2.45, 2.75) is 58.5 Å². The average molecular weight is 418 g/mol. The van der Waals surface area contributed by atoms with Crippen molar-refractivity contribution in [2.75, 3.05) is 27.2 Å². The van der Waals surface area contributed by atoms with Crippen molar-refractivity contribution in [3.05, 3.63) is 29.8 Å². The Morgan fingerprint density at radius 2 is 1.87 bits per heavy atom. The number of nitrogens with one attached hydrogen (secondary N) is 1. The number of likely N-dealkylation sites (tertiary alicyclic amines) is 1. The summed E-state index contributed by atoms with van der Waals surface area (Å²) in [5.41, 5.74) is 0.538. The molecule has 2 atom stereocenters. The van der Waals surface area contributed by atoms with E-state index in [2.05, 4.69) is 12.2 Å². The lowest BCUT2D eigenvalue weighted by Crippen LogP contribution is -2.47. The number of amides is 3. The highest BCUT2D eigenvalue weighted by Gasteiger charge is 2.45. The van der Waals surface area contributed by atoms with Gasteiger partial charge in [0.25, 0.3) is 0 Å². The minimum Gasteiger partial charge on any atom is -0.497 e. The molecule has 1 N–H and O–H groups in total. The van der Waals surface area contributed by atoms with Crippen LogP contribution in [0.2, 0.25) is 0 Å². The van der Waals surface area contributed by atoms with Crippen LogP contribution in [0.4, 0.5) is 0 Å². The summed E-state index contributed by atoms with van der Waals surface area (Å²) in [6, 6.07) is 7.17. The Labute approximate surface area is 179 Å². The molecule has 7 nitrogen and oxygen atoms in total. The van der Waals surface area contributed by atoms with Crippen LogP contribution in [0.25, 0.3) is 0 Å². The van der Waals surface area contributed by atoms with Crippen LogP contribution in [0.15, 0.2) is 24.3 Å². The van der Waals surface area contributed by atoms with Crippen LogP contribution >= 0.6 is 0 Å². The van der Waals surface area contributed by atoms with E-state index < -0.39 is 5.92 Å². The van der Waals surface area contributed by atoms with E-state index in [1.165, 1.54) is 4.90 Å². The second-order valence-corrected chi connectivity index (χ2v) is 8.96. The fourth-order valence-electron chi connectivity index (χ4n) is 3.85.